The van der Waals surface area contributed by atoms with Gasteiger partial charge in [-0.05, 0) is 25.0 Å². The molecular formula is C20H21N3O5. The van der Waals surface area contributed by atoms with Crippen LogP contribution in [-0.4, -0.2) is 45.2 Å². The Hall–Kier alpha value is -3.16. The summed E-state index contributed by atoms with van der Waals surface area (Å²) in [6.45, 7) is 0.997. The Morgan fingerprint density at radius 1 is 1.14 bits per heavy atom. The summed E-state index contributed by atoms with van der Waals surface area (Å²) < 4.78 is 6.24. The molecule has 8 heteroatoms. The third kappa shape index (κ3) is 3.49. The van der Waals surface area contributed by atoms with Crippen molar-refractivity contribution in [2.75, 3.05) is 13.1 Å². The van der Waals surface area contributed by atoms with Crippen molar-refractivity contribution in [3.8, 4) is 5.75 Å². The predicted molar refractivity (Wildman–Crippen MR) is 101 cm³/mol. The van der Waals surface area contributed by atoms with Gasteiger partial charge in [-0.3, -0.25) is 19.4 Å². The van der Waals surface area contributed by atoms with E-state index in [1.165, 1.54) is 6.20 Å². The van der Waals surface area contributed by atoms with Crippen LogP contribution in [0.5, 0.6) is 5.75 Å². The first kappa shape index (κ1) is 18.2. The average molecular weight is 383 g/mol. The number of fused-ring (bicyclic) bond motifs is 1. The standard InChI is InChI=1S/C20H21N3O5/c24-15-11-20(28-16-5-2-1-4-14(15)16)6-3-8-23(9-7-20)17(25)10-13-12-21-19(27)22-18(13)26/h1-2,4-5,12H,3,6-11H2,(H2,21,22,26,27). The number of benzene rings is 1. The average Bonchev–Trinajstić information content (AvgIpc) is 2.86. The second-order valence-corrected chi connectivity index (χ2v) is 7.39. The lowest BCUT2D eigenvalue weighted by molar-refractivity contribution is -0.130. The molecule has 1 spiro atoms. The van der Waals surface area contributed by atoms with Gasteiger partial charge in [0, 0.05) is 31.3 Å². The van der Waals surface area contributed by atoms with Crippen molar-refractivity contribution in [3.63, 3.8) is 0 Å². The van der Waals surface area contributed by atoms with Crippen molar-refractivity contribution < 1.29 is 14.3 Å². The number of nitrogens with one attached hydrogen (secondary N) is 2. The molecule has 146 valence electrons. The lowest BCUT2D eigenvalue weighted by Gasteiger charge is -2.37. The zero-order valence-electron chi connectivity index (χ0n) is 15.3. The summed E-state index contributed by atoms with van der Waals surface area (Å²) in [6.07, 6.45) is 3.46. The molecule has 1 unspecified atom stereocenters. The van der Waals surface area contributed by atoms with Crippen LogP contribution in [0.2, 0.25) is 0 Å². The molecule has 0 bridgehead atoms. The van der Waals surface area contributed by atoms with Gasteiger partial charge in [-0.1, -0.05) is 12.1 Å². The number of ether oxygens (including phenoxy) is 1. The molecule has 1 aromatic carbocycles. The van der Waals surface area contributed by atoms with Crippen LogP contribution in [0.4, 0.5) is 0 Å². The SMILES string of the molecule is O=C1CC2(CCCN(C(=O)Cc3c[nH]c(=O)[nH]c3=O)CC2)Oc2ccccc21. The third-order valence-corrected chi connectivity index (χ3v) is 5.49. The van der Waals surface area contributed by atoms with Gasteiger partial charge in [-0.2, -0.15) is 0 Å². The van der Waals surface area contributed by atoms with Crippen molar-refractivity contribution in [1.29, 1.82) is 0 Å². The Bertz CT molecular complexity index is 1040. The van der Waals surface area contributed by atoms with Crippen LogP contribution in [-0.2, 0) is 11.2 Å². The fourth-order valence-corrected chi connectivity index (χ4v) is 3.98. The number of hydrogen-bond acceptors (Lipinski definition) is 5. The molecular weight excluding hydrogens is 362 g/mol. The highest BCUT2D eigenvalue weighted by molar-refractivity contribution is 6.00. The highest BCUT2D eigenvalue weighted by Crippen LogP contribution is 2.39. The van der Waals surface area contributed by atoms with E-state index in [0.717, 1.165) is 0 Å². The van der Waals surface area contributed by atoms with Crippen molar-refractivity contribution in [1.82, 2.24) is 14.9 Å². The summed E-state index contributed by atoms with van der Waals surface area (Å²) in [6, 6.07) is 7.26. The second-order valence-electron chi connectivity index (χ2n) is 7.39. The van der Waals surface area contributed by atoms with Crippen LogP contribution in [0.15, 0.2) is 40.1 Å². The molecule has 2 N–H and O–H groups in total. The van der Waals surface area contributed by atoms with Gasteiger partial charge in [0.2, 0.25) is 5.91 Å². The lowest BCUT2D eigenvalue weighted by Crippen LogP contribution is -2.43. The number of hydrogen-bond donors (Lipinski definition) is 2. The molecule has 3 heterocycles. The molecule has 0 saturated carbocycles. The summed E-state index contributed by atoms with van der Waals surface area (Å²) in [5.74, 6) is 0.497. The minimum absolute atomic E-state index is 0.0707. The number of H-pyrrole nitrogens is 2. The third-order valence-electron chi connectivity index (χ3n) is 5.49. The molecule has 1 amide bonds. The molecule has 8 nitrogen and oxygen atoms in total. The molecule has 4 rings (SSSR count). The minimum Gasteiger partial charge on any atom is -0.486 e. The predicted octanol–water partition coefficient (Wildman–Crippen LogP) is 1.02. The van der Waals surface area contributed by atoms with Gasteiger partial charge in [0.15, 0.2) is 5.78 Å². The van der Waals surface area contributed by atoms with Crippen LogP contribution in [0.3, 0.4) is 0 Å². The van der Waals surface area contributed by atoms with Crippen molar-refractivity contribution in [2.45, 2.75) is 37.7 Å². The van der Waals surface area contributed by atoms with Gasteiger partial charge in [0.1, 0.15) is 11.4 Å². The Morgan fingerprint density at radius 2 is 1.96 bits per heavy atom. The summed E-state index contributed by atoms with van der Waals surface area (Å²) in [5, 5.41) is 0. The van der Waals surface area contributed by atoms with E-state index in [2.05, 4.69) is 9.97 Å². The van der Waals surface area contributed by atoms with Crippen LogP contribution in [0.25, 0.3) is 0 Å². The number of ketones is 1. The molecule has 1 fully saturated rings. The molecule has 0 aliphatic carbocycles. The lowest BCUT2D eigenvalue weighted by atomic mass is 9.84. The second kappa shape index (κ2) is 7.10. The van der Waals surface area contributed by atoms with Gasteiger partial charge < -0.3 is 14.6 Å². The first-order valence-corrected chi connectivity index (χ1v) is 9.36. The highest BCUT2D eigenvalue weighted by atomic mass is 16.5. The van der Waals surface area contributed by atoms with E-state index in [9.17, 15) is 19.2 Å². The molecule has 0 radical (unpaired) electrons. The van der Waals surface area contributed by atoms with Crippen LogP contribution < -0.4 is 16.0 Å². The summed E-state index contributed by atoms with van der Waals surface area (Å²) in [7, 11) is 0. The Kier molecular flexibility index (Phi) is 4.62. The number of aromatic nitrogens is 2. The van der Waals surface area contributed by atoms with Crippen molar-refractivity contribution >= 4 is 11.7 Å². The van der Waals surface area contributed by atoms with Crippen molar-refractivity contribution in [2.24, 2.45) is 0 Å². The van der Waals surface area contributed by atoms with E-state index in [4.69, 9.17) is 4.74 Å². The smallest absolute Gasteiger partial charge is 0.325 e. The number of amides is 1. The maximum atomic E-state index is 12.7. The molecule has 2 aliphatic rings. The van der Waals surface area contributed by atoms with Gasteiger partial charge >= 0.3 is 5.69 Å². The van der Waals surface area contributed by atoms with Crippen LogP contribution in [0.1, 0.15) is 41.6 Å². The number of Topliss-reactive ketones (excluding diaryl/α,β-unsaturated/α-hetero) is 1. The minimum atomic E-state index is -0.600. The molecule has 2 aromatic rings. The first-order chi connectivity index (χ1) is 13.5. The van der Waals surface area contributed by atoms with Crippen LogP contribution in [0, 0.1) is 0 Å². The van der Waals surface area contributed by atoms with E-state index in [1.54, 1.807) is 11.0 Å². The Morgan fingerprint density at radius 3 is 2.79 bits per heavy atom. The van der Waals surface area contributed by atoms with Gasteiger partial charge in [0.05, 0.1) is 18.4 Å². The molecule has 1 saturated heterocycles. The topological polar surface area (TPSA) is 112 Å². The number of aromatic amines is 2. The van der Waals surface area contributed by atoms with E-state index in [0.29, 0.717) is 50.1 Å². The Labute approximate surface area is 160 Å². The zero-order valence-corrected chi connectivity index (χ0v) is 15.3. The van der Waals surface area contributed by atoms with Gasteiger partial charge in [-0.15, -0.1) is 0 Å². The van der Waals surface area contributed by atoms with E-state index >= 15 is 0 Å². The molecule has 28 heavy (non-hydrogen) atoms. The van der Waals surface area contributed by atoms with Crippen molar-refractivity contribution in [3.05, 3.63) is 62.4 Å². The van der Waals surface area contributed by atoms with Gasteiger partial charge in [0.25, 0.3) is 5.56 Å². The quantitative estimate of drug-likeness (QED) is 0.804. The maximum Gasteiger partial charge on any atom is 0.325 e. The summed E-state index contributed by atoms with van der Waals surface area (Å²) >= 11 is 0. The Balaban J connectivity index is 1.47. The van der Waals surface area contributed by atoms with Crippen LogP contribution >= 0.6 is 0 Å². The first-order valence-electron chi connectivity index (χ1n) is 9.36. The number of rotatable bonds is 2. The molecule has 1 atom stereocenters. The number of carbonyl (C=O) groups is 2. The maximum absolute atomic E-state index is 12.7. The summed E-state index contributed by atoms with van der Waals surface area (Å²) in [5.41, 5.74) is -0.904. The zero-order chi connectivity index (χ0) is 19.7. The van der Waals surface area contributed by atoms with E-state index < -0.39 is 16.9 Å². The fraction of sp³-hybridized carbons (Fsp3) is 0.400. The molecule has 2 aliphatic heterocycles. The number of likely N-dealkylation sites (tertiary alicyclic amines) is 1. The normalized spacial score (nSPS) is 21.7. The molecule has 1 aromatic heterocycles. The number of carbonyl (C=O) groups excluding carboxylic acids is 2. The number of nitrogens with zero attached hydrogens (tertiary/aromatic N) is 1. The summed E-state index contributed by atoms with van der Waals surface area (Å²) in [4.78, 5) is 54.4. The van der Waals surface area contributed by atoms with Gasteiger partial charge in [-0.25, -0.2) is 4.79 Å². The van der Waals surface area contributed by atoms with E-state index in [1.807, 2.05) is 18.2 Å². The fourth-order valence-electron chi connectivity index (χ4n) is 3.98. The highest BCUT2D eigenvalue weighted by Gasteiger charge is 2.41. The number of para-hydroxylation sites is 1. The van der Waals surface area contributed by atoms with E-state index in [-0.39, 0.29) is 23.7 Å². The monoisotopic (exact) mass is 383 g/mol. The largest absolute Gasteiger partial charge is 0.486 e.